The smallest absolute Gasteiger partial charge is 0.166 e. The summed E-state index contributed by atoms with van der Waals surface area (Å²) in [6.45, 7) is 3.11. The predicted octanol–water partition coefficient (Wildman–Crippen LogP) is 2.85. The molecule has 20 heavy (non-hydrogen) atoms. The van der Waals surface area contributed by atoms with Crippen molar-refractivity contribution in [2.75, 3.05) is 26.2 Å². The fraction of sp³-hybridized carbons (Fsp3) is 0.600. The zero-order valence-electron chi connectivity index (χ0n) is 11.3. The Balaban J connectivity index is 1.98. The Morgan fingerprint density at radius 2 is 1.70 bits per heavy atom. The Labute approximate surface area is 117 Å². The number of piperazine rings is 1. The lowest BCUT2D eigenvalue weighted by atomic mass is 9.76. The van der Waals surface area contributed by atoms with Crippen molar-refractivity contribution in [3.8, 4) is 0 Å². The lowest BCUT2D eigenvalue weighted by Crippen LogP contribution is -2.48. The monoisotopic (exact) mass is 284 g/mol. The second-order valence-corrected chi connectivity index (χ2v) is 5.68. The average molecular weight is 284 g/mol. The van der Waals surface area contributed by atoms with Crippen LogP contribution in [0.3, 0.4) is 0 Å². The third-order valence-corrected chi connectivity index (χ3v) is 4.52. The molecule has 0 aromatic heterocycles. The molecule has 1 saturated heterocycles. The maximum absolute atomic E-state index is 14.1. The molecule has 1 aromatic carbocycles. The van der Waals surface area contributed by atoms with Gasteiger partial charge >= 0.3 is 0 Å². The van der Waals surface area contributed by atoms with Gasteiger partial charge in [-0.3, -0.25) is 4.90 Å². The van der Waals surface area contributed by atoms with E-state index in [4.69, 9.17) is 0 Å². The van der Waals surface area contributed by atoms with Crippen molar-refractivity contribution in [3.05, 3.63) is 35.1 Å². The van der Waals surface area contributed by atoms with E-state index in [1.54, 1.807) is 0 Å². The van der Waals surface area contributed by atoms with Crippen LogP contribution in [-0.2, 0) is 0 Å². The summed E-state index contributed by atoms with van der Waals surface area (Å²) < 4.78 is 41.7. The van der Waals surface area contributed by atoms with E-state index in [2.05, 4.69) is 10.2 Å². The molecule has 3 rings (SSSR count). The van der Waals surface area contributed by atoms with Crippen molar-refractivity contribution in [2.45, 2.75) is 25.3 Å². The van der Waals surface area contributed by atoms with Crippen molar-refractivity contribution >= 4 is 0 Å². The number of benzene rings is 1. The number of hydrogen-bond acceptors (Lipinski definition) is 2. The molecule has 5 heteroatoms. The maximum Gasteiger partial charge on any atom is 0.166 e. The first-order valence-corrected chi connectivity index (χ1v) is 7.26. The Hall–Kier alpha value is -1.07. The van der Waals surface area contributed by atoms with E-state index in [-0.39, 0.29) is 17.5 Å². The second kappa shape index (κ2) is 5.74. The molecule has 0 spiro atoms. The van der Waals surface area contributed by atoms with E-state index in [1.165, 1.54) is 0 Å². The Morgan fingerprint density at radius 3 is 2.30 bits per heavy atom. The van der Waals surface area contributed by atoms with Crippen LogP contribution in [0.4, 0.5) is 13.2 Å². The summed E-state index contributed by atoms with van der Waals surface area (Å²) in [7, 11) is 0. The molecular weight excluding hydrogens is 265 g/mol. The molecule has 0 unspecified atom stereocenters. The van der Waals surface area contributed by atoms with Gasteiger partial charge in [-0.25, -0.2) is 13.2 Å². The second-order valence-electron chi connectivity index (χ2n) is 5.68. The molecule has 0 amide bonds. The summed E-state index contributed by atoms with van der Waals surface area (Å²) in [5, 5.41) is 3.23. The molecule has 1 aromatic rings. The molecule has 1 aliphatic carbocycles. The van der Waals surface area contributed by atoms with E-state index in [1.807, 2.05) is 0 Å². The van der Waals surface area contributed by atoms with E-state index >= 15 is 0 Å². The minimum atomic E-state index is -1.01. The van der Waals surface area contributed by atoms with Crippen LogP contribution in [0.5, 0.6) is 0 Å². The van der Waals surface area contributed by atoms with Gasteiger partial charge in [0.2, 0.25) is 0 Å². The summed E-state index contributed by atoms with van der Waals surface area (Å²) in [5.41, 5.74) is -0.0726. The largest absolute Gasteiger partial charge is 0.314 e. The van der Waals surface area contributed by atoms with Crippen molar-refractivity contribution < 1.29 is 13.2 Å². The summed E-state index contributed by atoms with van der Waals surface area (Å²) in [5.74, 6) is -2.36. The highest BCUT2D eigenvalue weighted by molar-refractivity contribution is 5.26. The molecule has 0 bridgehead atoms. The maximum atomic E-state index is 14.1. The number of hydrogen-bond donors (Lipinski definition) is 1. The molecular formula is C15H19F3N2. The summed E-state index contributed by atoms with van der Waals surface area (Å²) in [6, 6.07) is 1.58. The predicted molar refractivity (Wildman–Crippen MR) is 70.8 cm³/mol. The van der Waals surface area contributed by atoms with Crippen LogP contribution in [0.1, 0.15) is 30.9 Å². The van der Waals surface area contributed by atoms with Crippen LogP contribution < -0.4 is 5.32 Å². The highest BCUT2D eigenvalue weighted by Crippen LogP contribution is 2.43. The number of nitrogens with one attached hydrogen (secondary N) is 1. The summed E-state index contributed by atoms with van der Waals surface area (Å²) >= 11 is 0. The highest BCUT2D eigenvalue weighted by atomic mass is 19.2. The summed E-state index contributed by atoms with van der Waals surface area (Å²) in [4.78, 5) is 2.10. The highest BCUT2D eigenvalue weighted by Gasteiger charge is 2.37. The fourth-order valence-corrected chi connectivity index (χ4v) is 3.25. The van der Waals surface area contributed by atoms with E-state index < -0.39 is 17.5 Å². The molecule has 1 N–H and O–H groups in total. The van der Waals surface area contributed by atoms with Gasteiger partial charge in [-0.2, -0.15) is 0 Å². The third-order valence-electron chi connectivity index (χ3n) is 4.52. The number of nitrogens with zero attached hydrogens (tertiary/aromatic N) is 1. The lowest BCUT2D eigenvalue weighted by molar-refractivity contribution is 0.0779. The molecule has 1 atom stereocenters. The third kappa shape index (κ3) is 2.44. The normalized spacial score (nSPS) is 22.6. The van der Waals surface area contributed by atoms with E-state index in [0.29, 0.717) is 0 Å². The topological polar surface area (TPSA) is 15.3 Å². The Morgan fingerprint density at radius 1 is 1.05 bits per heavy atom. The minimum absolute atomic E-state index is 0.0726. The molecule has 2 fully saturated rings. The van der Waals surface area contributed by atoms with Crippen molar-refractivity contribution in [3.63, 3.8) is 0 Å². The number of rotatable bonds is 3. The fourth-order valence-electron chi connectivity index (χ4n) is 3.25. The molecule has 0 radical (unpaired) electrons. The molecule has 1 heterocycles. The molecule has 2 nitrogen and oxygen atoms in total. The van der Waals surface area contributed by atoms with Gasteiger partial charge in [-0.15, -0.1) is 0 Å². The van der Waals surface area contributed by atoms with Gasteiger partial charge in [0.25, 0.3) is 0 Å². The first-order valence-electron chi connectivity index (χ1n) is 7.26. The van der Waals surface area contributed by atoms with Gasteiger partial charge in [0.05, 0.1) is 0 Å². The summed E-state index contributed by atoms with van der Waals surface area (Å²) in [6.07, 6.45) is 3.01. The Kier molecular flexibility index (Phi) is 3.98. The van der Waals surface area contributed by atoms with E-state index in [9.17, 15) is 13.2 Å². The zero-order valence-corrected chi connectivity index (χ0v) is 11.3. The van der Waals surface area contributed by atoms with Crippen LogP contribution in [0.2, 0.25) is 0 Å². The van der Waals surface area contributed by atoms with Gasteiger partial charge in [-0.05, 0) is 30.9 Å². The van der Waals surface area contributed by atoms with Crippen LogP contribution in [-0.4, -0.2) is 31.1 Å². The first-order chi connectivity index (χ1) is 9.68. The molecule has 1 saturated carbocycles. The van der Waals surface area contributed by atoms with Crippen LogP contribution in [0.25, 0.3) is 0 Å². The van der Waals surface area contributed by atoms with Gasteiger partial charge in [0.15, 0.2) is 11.6 Å². The first kappa shape index (κ1) is 13.9. The Bertz CT molecular complexity index is 482. The molecule has 1 aliphatic heterocycles. The van der Waals surface area contributed by atoms with Crippen molar-refractivity contribution in [1.82, 2.24) is 10.2 Å². The van der Waals surface area contributed by atoms with Gasteiger partial charge < -0.3 is 5.32 Å². The molecule has 110 valence electrons. The van der Waals surface area contributed by atoms with Crippen LogP contribution >= 0.6 is 0 Å². The van der Waals surface area contributed by atoms with Gasteiger partial charge in [0.1, 0.15) is 5.82 Å². The van der Waals surface area contributed by atoms with Gasteiger partial charge in [-0.1, -0.05) is 6.42 Å². The van der Waals surface area contributed by atoms with E-state index in [0.717, 1.165) is 57.6 Å². The van der Waals surface area contributed by atoms with Crippen molar-refractivity contribution in [1.29, 1.82) is 0 Å². The SMILES string of the molecule is Fc1ccc(F)c([C@@H](C2CCC2)N2CCNCC2)c1F. The average Bonchev–Trinajstić information content (AvgIpc) is 2.41. The van der Waals surface area contributed by atoms with Crippen LogP contribution in [0, 0.1) is 23.4 Å². The van der Waals surface area contributed by atoms with Crippen molar-refractivity contribution in [2.24, 2.45) is 5.92 Å². The lowest BCUT2D eigenvalue weighted by Gasteiger charge is -2.43. The minimum Gasteiger partial charge on any atom is -0.314 e. The zero-order chi connectivity index (χ0) is 14.1. The quantitative estimate of drug-likeness (QED) is 0.859. The van der Waals surface area contributed by atoms with Gasteiger partial charge in [0, 0.05) is 37.8 Å². The number of halogens is 3. The molecule has 2 aliphatic rings. The van der Waals surface area contributed by atoms with Crippen LogP contribution in [0.15, 0.2) is 12.1 Å². The standard InChI is InChI=1S/C15H19F3N2/c16-11-4-5-12(17)14(18)13(11)15(10-2-1-3-10)20-8-6-19-7-9-20/h4-5,10,15,19H,1-3,6-9H2/t15-/m1/s1.